The number of rotatable bonds is 21. The number of carbonyl (C=O) groups excluding carboxylic acids is 14. The van der Waals surface area contributed by atoms with Crippen molar-refractivity contribution in [3.63, 3.8) is 0 Å². The van der Waals surface area contributed by atoms with Crippen molar-refractivity contribution in [1.82, 2.24) is 67.0 Å². The van der Waals surface area contributed by atoms with E-state index in [2.05, 4.69) is 42.5 Å². The minimum absolute atomic E-state index is 0.0610. The fourth-order valence-corrected chi connectivity index (χ4v) is 11.7. The van der Waals surface area contributed by atoms with Crippen LogP contribution in [0.5, 0.6) is 0 Å². The largest absolute Gasteiger partial charge is 0.458 e. The summed E-state index contributed by atoms with van der Waals surface area (Å²) in [5.41, 5.74) is 0. The zero-order chi connectivity index (χ0) is 76.2. The molecule has 0 aromatic carbocycles. The summed E-state index contributed by atoms with van der Waals surface area (Å²) in [5, 5.41) is 21.9. The summed E-state index contributed by atoms with van der Waals surface area (Å²) in [7, 11) is 8.40. The molecular formula is C70H125N13O16. The van der Waals surface area contributed by atoms with Gasteiger partial charge in [0.15, 0.2) is 0 Å². The highest BCUT2D eigenvalue weighted by molar-refractivity contribution is 5.97. The molecule has 13 atom stereocenters. The maximum absolute atomic E-state index is 14.8. The molecule has 99 heavy (non-hydrogen) atoms. The molecule has 1 heterocycles. The van der Waals surface area contributed by atoms with Crippen molar-refractivity contribution in [1.29, 1.82) is 0 Å². The Morgan fingerprint density at radius 2 is 1.02 bits per heavy atom. The number of carbonyl (C=O) groups is 14. The molecule has 0 saturated carbocycles. The standard InChI is InChI=1S/C70H125N13O16/c1-25-44(15)57-68(95)82(22)59(43(13)14)69(96)79(19)46(17)61(88)71-30-27-52(84)75-49(34-39(5)6)66(93)83(23)60(45(16)26-2)70(97)99-47(18)58(78-63(90)51(36-41(9)10)81(21)67(94)56(42(11)12)77-55(87)37-98-24)64(91)73-32-28-53(85)74-48(33-38(3)4)65(92)80(20)50(35-40(7)8)62(89)72-31-29-54(86)76-57/h38-51,56-60H,25-37H2,1-24H3,(H,71,88)(H,72,89)(H,73,91)(H,74,85)(H,75,84)(H,76,86)(H,77,87)(H,78,90). The van der Waals surface area contributed by atoms with Gasteiger partial charge < -0.3 is 76.5 Å². The summed E-state index contributed by atoms with van der Waals surface area (Å²) in [5.74, 6) is -12.1. The summed E-state index contributed by atoms with van der Waals surface area (Å²) < 4.78 is 11.1. The first-order chi connectivity index (χ1) is 46.0. The molecule has 1 rings (SSSR count). The maximum Gasteiger partial charge on any atom is 0.329 e. The fraction of sp³-hybridized carbons (Fsp3) is 0.800. The van der Waals surface area contributed by atoms with Crippen LogP contribution in [0, 0.1) is 47.3 Å². The van der Waals surface area contributed by atoms with E-state index in [1.54, 1.807) is 48.5 Å². The van der Waals surface area contributed by atoms with E-state index in [1.807, 2.05) is 62.3 Å². The molecule has 29 heteroatoms. The summed E-state index contributed by atoms with van der Waals surface area (Å²) in [4.78, 5) is 205. The van der Waals surface area contributed by atoms with Crippen LogP contribution >= 0.6 is 0 Å². The number of amides is 13. The predicted octanol–water partition coefficient (Wildman–Crippen LogP) is 2.26. The molecular weight excluding hydrogens is 1280 g/mol. The van der Waals surface area contributed by atoms with Crippen LogP contribution in [-0.2, 0) is 76.6 Å². The van der Waals surface area contributed by atoms with Gasteiger partial charge in [-0.05, 0) is 86.9 Å². The summed E-state index contributed by atoms with van der Waals surface area (Å²) in [6.45, 7) is 30.4. The number of ether oxygens (including phenoxy) is 2. The quantitative estimate of drug-likeness (QED) is 0.0764. The van der Waals surface area contributed by atoms with Crippen molar-refractivity contribution in [3.05, 3.63) is 0 Å². The molecule has 1 aliphatic rings. The van der Waals surface area contributed by atoms with Gasteiger partial charge in [0.25, 0.3) is 0 Å². The number of likely N-dealkylation sites (N-methyl/N-ethyl adjacent to an activating group) is 5. The Hall–Kier alpha value is -7.46. The lowest BCUT2D eigenvalue weighted by molar-refractivity contribution is -0.163. The zero-order valence-corrected chi connectivity index (χ0v) is 63.9. The van der Waals surface area contributed by atoms with Crippen LogP contribution in [0.4, 0.5) is 0 Å². The zero-order valence-electron chi connectivity index (χ0n) is 63.9. The van der Waals surface area contributed by atoms with Crippen LogP contribution in [-0.4, -0.2) is 242 Å². The number of methoxy groups -OCH3 is 1. The normalized spacial score (nSPS) is 24.5. The lowest BCUT2D eigenvalue weighted by Crippen LogP contribution is -2.61. The average Bonchev–Trinajstić information content (AvgIpc) is 0.829. The van der Waals surface area contributed by atoms with Gasteiger partial charge in [0, 0.05) is 81.2 Å². The number of esters is 1. The van der Waals surface area contributed by atoms with Crippen LogP contribution in [0.15, 0.2) is 0 Å². The smallest absolute Gasteiger partial charge is 0.329 e. The molecule has 0 aliphatic carbocycles. The number of hydrogen-bond donors (Lipinski definition) is 8. The summed E-state index contributed by atoms with van der Waals surface area (Å²) >= 11 is 0. The second kappa shape index (κ2) is 43.3. The second-order valence-electron chi connectivity index (χ2n) is 29.1. The van der Waals surface area contributed by atoms with Crippen molar-refractivity contribution in [3.8, 4) is 0 Å². The Balaban J connectivity index is 4.17. The van der Waals surface area contributed by atoms with Crippen molar-refractivity contribution in [2.45, 2.75) is 249 Å². The van der Waals surface area contributed by atoms with Gasteiger partial charge in [-0.15, -0.1) is 0 Å². The molecule has 0 aromatic rings. The second-order valence-corrected chi connectivity index (χ2v) is 29.1. The highest BCUT2D eigenvalue weighted by Gasteiger charge is 2.43. The Morgan fingerprint density at radius 1 is 0.566 bits per heavy atom. The van der Waals surface area contributed by atoms with Gasteiger partial charge in [0.2, 0.25) is 76.8 Å². The highest BCUT2D eigenvalue weighted by atomic mass is 16.5. The van der Waals surface area contributed by atoms with Crippen molar-refractivity contribution in [2.75, 3.05) is 68.6 Å². The highest BCUT2D eigenvalue weighted by Crippen LogP contribution is 2.23. The number of nitrogens with zero attached hydrogens (tertiary/aromatic N) is 5. The van der Waals surface area contributed by atoms with Gasteiger partial charge in [-0.2, -0.15) is 0 Å². The Kier molecular flexibility index (Phi) is 39.1. The molecule has 1 saturated heterocycles. The third-order valence-corrected chi connectivity index (χ3v) is 18.1. The van der Waals surface area contributed by atoms with Crippen molar-refractivity contribution < 1.29 is 76.6 Å². The van der Waals surface area contributed by atoms with E-state index < -0.39 is 179 Å². The van der Waals surface area contributed by atoms with Gasteiger partial charge in [-0.1, -0.05) is 124 Å². The molecule has 0 radical (unpaired) electrons. The minimum Gasteiger partial charge on any atom is -0.458 e. The molecule has 8 N–H and O–H groups in total. The molecule has 1 aliphatic heterocycles. The third kappa shape index (κ3) is 28.6. The first kappa shape index (κ1) is 89.6. The van der Waals surface area contributed by atoms with Gasteiger partial charge in [-0.3, -0.25) is 62.3 Å². The Morgan fingerprint density at radius 3 is 1.46 bits per heavy atom. The van der Waals surface area contributed by atoms with E-state index >= 15 is 0 Å². The SMILES string of the molecule is CCC(C)C1NC(=O)CCNC(=O)C(CC(C)C)N(C)C(=O)C(CC(C)C)NC(=O)CCNC(=O)C(NC(=O)C(CC(C)C)N(C)C(=O)C(NC(=O)COC)C(C)C)C(C)OC(=O)C(C(C)CC)N(C)C(=O)C(CC(C)C)NC(=O)CCNC(=O)C(C)N(C)C(=O)C(C(C)C)N(C)C1=O. The summed E-state index contributed by atoms with van der Waals surface area (Å²) in [6, 6.07) is -12.2. The third-order valence-electron chi connectivity index (χ3n) is 18.1. The van der Waals surface area contributed by atoms with E-state index in [1.165, 1.54) is 75.8 Å². The lowest BCUT2D eigenvalue weighted by atomic mass is 9.94. The fourth-order valence-electron chi connectivity index (χ4n) is 11.7. The average molecular weight is 1400 g/mol. The molecule has 0 aromatic heterocycles. The van der Waals surface area contributed by atoms with Crippen molar-refractivity contribution >= 4 is 82.8 Å². The molecule has 1 fully saturated rings. The van der Waals surface area contributed by atoms with Gasteiger partial charge in [-0.25, -0.2) is 4.79 Å². The maximum atomic E-state index is 14.8. The van der Waals surface area contributed by atoms with E-state index in [4.69, 9.17) is 9.47 Å². The molecule has 29 nitrogen and oxygen atoms in total. The van der Waals surface area contributed by atoms with Crippen molar-refractivity contribution in [2.24, 2.45) is 47.3 Å². The van der Waals surface area contributed by atoms with E-state index in [0.29, 0.717) is 12.8 Å². The van der Waals surface area contributed by atoms with Crippen LogP contribution in [0.25, 0.3) is 0 Å². The number of hydrogen-bond acceptors (Lipinski definition) is 16. The monoisotopic (exact) mass is 1400 g/mol. The lowest BCUT2D eigenvalue weighted by Gasteiger charge is -2.37. The molecule has 566 valence electrons. The predicted molar refractivity (Wildman–Crippen MR) is 375 cm³/mol. The van der Waals surface area contributed by atoms with Gasteiger partial charge in [0.05, 0.1) is 0 Å². The number of cyclic esters (lactones) is 1. The van der Waals surface area contributed by atoms with E-state index in [0.717, 1.165) is 4.90 Å². The first-order valence-corrected chi connectivity index (χ1v) is 35.3. The molecule has 0 bridgehead atoms. The Labute approximate surface area is 589 Å². The summed E-state index contributed by atoms with van der Waals surface area (Å²) in [6.07, 6.45) is -1.24. The number of nitrogens with one attached hydrogen (secondary N) is 8. The van der Waals surface area contributed by atoms with Crippen LogP contribution in [0.1, 0.15) is 182 Å². The Bertz CT molecular complexity index is 2730. The van der Waals surface area contributed by atoms with Crippen LogP contribution in [0.2, 0.25) is 0 Å². The van der Waals surface area contributed by atoms with Gasteiger partial charge in [0.1, 0.15) is 73.1 Å². The van der Waals surface area contributed by atoms with E-state index in [-0.39, 0.29) is 88.4 Å². The molecule has 13 unspecified atom stereocenters. The van der Waals surface area contributed by atoms with Crippen LogP contribution in [0.3, 0.4) is 0 Å². The molecule has 13 amide bonds. The molecule has 0 spiro atoms. The minimum atomic E-state index is -1.73. The van der Waals surface area contributed by atoms with Crippen LogP contribution < -0.4 is 42.5 Å². The van der Waals surface area contributed by atoms with Gasteiger partial charge >= 0.3 is 5.97 Å². The first-order valence-electron chi connectivity index (χ1n) is 35.3. The topological polar surface area (TPSA) is 370 Å². The van der Waals surface area contributed by atoms with E-state index in [9.17, 15) is 67.1 Å².